The average Bonchev–Trinajstić information content (AvgIpc) is 3.16. The summed E-state index contributed by atoms with van der Waals surface area (Å²) in [6, 6.07) is 0. The van der Waals surface area contributed by atoms with Gasteiger partial charge in [0, 0.05) is 69.9 Å². The number of nitrogens with zero attached hydrogens (tertiary/aromatic N) is 3. The van der Waals surface area contributed by atoms with E-state index in [1.54, 1.807) is 0 Å². The van der Waals surface area contributed by atoms with Gasteiger partial charge in [0.2, 0.25) is 0 Å². The van der Waals surface area contributed by atoms with Gasteiger partial charge in [-0.2, -0.15) is 11.8 Å². The van der Waals surface area contributed by atoms with E-state index in [1.165, 1.54) is 50.3 Å². The number of rotatable bonds is 6. The molecule has 0 atom stereocenters. The van der Waals surface area contributed by atoms with Crippen LogP contribution in [0.1, 0.15) is 25.7 Å². The summed E-state index contributed by atoms with van der Waals surface area (Å²) in [6.45, 7) is 9.33. The van der Waals surface area contributed by atoms with Gasteiger partial charge in [-0.25, -0.2) is 0 Å². The Hall–Kier alpha value is 0.230. The molecule has 0 unspecified atom stereocenters. The molecule has 0 aromatic rings. The Kier molecular flexibility index (Phi) is 10.3. The molecule has 3 fully saturated rings. The Bertz CT molecular complexity index is 422. The maximum atomic E-state index is 5.41. The van der Waals surface area contributed by atoms with Crippen LogP contribution in [-0.4, -0.2) is 98.9 Å². The number of nitrogens with one attached hydrogen (secondary N) is 2. The topological polar surface area (TPSA) is 52.1 Å². The predicted molar refractivity (Wildman–Crippen MR) is 122 cm³/mol. The molecule has 0 bridgehead atoms. The molecule has 6 nitrogen and oxygen atoms in total. The van der Waals surface area contributed by atoms with Crippen LogP contribution in [0.25, 0.3) is 0 Å². The zero-order chi connectivity index (χ0) is 17.4. The SMILES string of the molecule is CN=C(NCCN1CCOCC1)NCC1(N2CCSCC2)CCCC1.I. The first-order valence-corrected chi connectivity index (χ1v) is 11.1. The van der Waals surface area contributed by atoms with E-state index in [9.17, 15) is 0 Å². The molecule has 0 aromatic carbocycles. The molecular weight excluding hydrogens is 461 g/mol. The van der Waals surface area contributed by atoms with E-state index in [0.717, 1.165) is 51.9 Å². The highest BCUT2D eigenvalue weighted by Gasteiger charge is 2.39. The molecule has 0 amide bonds. The molecule has 1 aliphatic carbocycles. The van der Waals surface area contributed by atoms with Gasteiger partial charge in [0.25, 0.3) is 0 Å². The lowest BCUT2D eigenvalue weighted by molar-refractivity contribution is 0.0389. The molecule has 0 radical (unpaired) electrons. The van der Waals surface area contributed by atoms with E-state index >= 15 is 0 Å². The highest BCUT2D eigenvalue weighted by Crippen LogP contribution is 2.36. The van der Waals surface area contributed by atoms with E-state index in [2.05, 4.69) is 37.2 Å². The summed E-state index contributed by atoms with van der Waals surface area (Å²) >= 11 is 2.10. The molecule has 26 heavy (non-hydrogen) atoms. The first-order chi connectivity index (χ1) is 12.3. The van der Waals surface area contributed by atoms with Crippen LogP contribution in [-0.2, 0) is 4.74 Å². The van der Waals surface area contributed by atoms with Crippen LogP contribution in [0.3, 0.4) is 0 Å². The van der Waals surface area contributed by atoms with Crippen molar-refractivity contribution in [1.29, 1.82) is 0 Å². The molecule has 0 spiro atoms. The maximum Gasteiger partial charge on any atom is 0.191 e. The number of hydrogen-bond donors (Lipinski definition) is 2. The lowest BCUT2D eigenvalue weighted by Gasteiger charge is -2.43. The fourth-order valence-corrected chi connectivity index (χ4v) is 5.20. The quantitative estimate of drug-likeness (QED) is 0.330. The predicted octanol–water partition coefficient (Wildman–Crippen LogP) is 1.46. The fraction of sp³-hybridized carbons (Fsp3) is 0.944. The van der Waals surface area contributed by atoms with Crippen LogP contribution in [0.15, 0.2) is 4.99 Å². The molecular formula is C18H36IN5OS. The fourth-order valence-electron chi connectivity index (χ4n) is 4.30. The first kappa shape index (κ1) is 22.5. The number of guanidine groups is 1. The Labute approximate surface area is 180 Å². The Morgan fingerprint density at radius 3 is 2.42 bits per heavy atom. The highest BCUT2D eigenvalue weighted by molar-refractivity contribution is 14.0. The first-order valence-electron chi connectivity index (χ1n) is 9.90. The van der Waals surface area contributed by atoms with Crippen molar-refractivity contribution in [2.45, 2.75) is 31.2 Å². The summed E-state index contributed by atoms with van der Waals surface area (Å²) in [5, 5.41) is 7.13. The molecule has 8 heteroatoms. The second-order valence-corrected chi connectivity index (χ2v) is 8.56. The van der Waals surface area contributed by atoms with Crippen LogP contribution >= 0.6 is 35.7 Å². The number of halogens is 1. The minimum Gasteiger partial charge on any atom is -0.379 e. The van der Waals surface area contributed by atoms with E-state index in [-0.39, 0.29) is 24.0 Å². The van der Waals surface area contributed by atoms with Crippen molar-refractivity contribution in [1.82, 2.24) is 20.4 Å². The third-order valence-corrected chi connectivity index (χ3v) is 6.79. The Morgan fingerprint density at radius 2 is 1.77 bits per heavy atom. The number of thioether (sulfide) groups is 1. The van der Waals surface area contributed by atoms with Gasteiger partial charge in [0.1, 0.15) is 0 Å². The van der Waals surface area contributed by atoms with Gasteiger partial charge in [-0.15, -0.1) is 24.0 Å². The van der Waals surface area contributed by atoms with Crippen LogP contribution in [0.5, 0.6) is 0 Å². The van der Waals surface area contributed by atoms with Gasteiger partial charge in [-0.1, -0.05) is 12.8 Å². The molecule has 2 aliphatic heterocycles. The smallest absolute Gasteiger partial charge is 0.191 e. The lowest BCUT2D eigenvalue weighted by atomic mass is 9.94. The third kappa shape index (κ3) is 6.39. The average molecular weight is 497 g/mol. The maximum absolute atomic E-state index is 5.41. The minimum atomic E-state index is 0. The van der Waals surface area contributed by atoms with E-state index in [4.69, 9.17) is 4.74 Å². The molecule has 2 N–H and O–H groups in total. The number of hydrogen-bond acceptors (Lipinski definition) is 5. The number of ether oxygens (including phenoxy) is 1. The van der Waals surface area contributed by atoms with Gasteiger partial charge in [-0.05, 0) is 12.8 Å². The standard InChI is InChI=1S/C18H35N5OS.HI/c1-19-17(20-6-7-22-8-12-24-13-9-22)21-16-18(4-2-3-5-18)23-10-14-25-15-11-23;/h2-16H2,1H3,(H2,19,20,21);1H. The van der Waals surface area contributed by atoms with Gasteiger partial charge in [0.15, 0.2) is 5.96 Å². The van der Waals surface area contributed by atoms with Gasteiger partial charge in [0.05, 0.1) is 13.2 Å². The molecule has 2 heterocycles. The summed E-state index contributed by atoms with van der Waals surface area (Å²) in [5.74, 6) is 3.52. The van der Waals surface area contributed by atoms with Crippen molar-refractivity contribution in [3.8, 4) is 0 Å². The molecule has 3 rings (SSSR count). The van der Waals surface area contributed by atoms with E-state index < -0.39 is 0 Å². The van der Waals surface area contributed by atoms with Crippen molar-refractivity contribution in [2.75, 3.05) is 77.6 Å². The molecule has 0 aromatic heterocycles. The van der Waals surface area contributed by atoms with Crippen molar-refractivity contribution in [3.05, 3.63) is 0 Å². The van der Waals surface area contributed by atoms with Gasteiger partial charge in [-0.3, -0.25) is 14.8 Å². The minimum absolute atomic E-state index is 0. The van der Waals surface area contributed by atoms with Crippen LogP contribution in [0.4, 0.5) is 0 Å². The zero-order valence-electron chi connectivity index (χ0n) is 16.2. The zero-order valence-corrected chi connectivity index (χ0v) is 19.3. The summed E-state index contributed by atoms with van der Waals surface area (Å²) in [5.41, 5.74) is 0.350. The largest absolute Gasteiger partial charge is 0.379 e. The second-order valence-electron chi connectivity index (χ2n) is 7.34. The molecule has 1 saturated carbocycles. The van der Waals surface area contributed by atoms with Crippen molar-refractivity contribution >= 4 is 41.7 Å². The summed E-state index contributed by atoms with van der Waals surface area (Å²) < 4.78 is 5.41. The summed E-state index contributed by atoms with van der Waals surface area (Å²) in [6.07, 6.45) is 5.40. The van der Waals surface area contributed by atoms with E-state index in [1.807, 2.05) is 7.05 Å². The normalized spacial score (nSPS) is 24.9. The third-order valence-electron chi connectivity index (χ3n) is 5.85. The number of morpholine rings is 1. The van der Waals surface area contributed by atoms with Crippen molar-refractivity contribution in [3.63, 3.8) is 0 Å². The summed E-state index contributed by atoms with van der Waals surface area (Å²) in [7, 11) is 1.88. The molecule has 3 aliphatic rings. The second kappa shape index (κ2) is 11.9. The molecule has 152 valence electrons. The van der Waals surface area contributed by atoms with Crippen LogP contribution < -0.4 is 10.6 Å². The van der Waals surface area contributed by atoms with Gasteiger partial charge >= 0.3 is 0 Å². The number of aliphatic imine (C=N–C) groups is 1. The monoisotopic (exact) mass is 497 g/mol. The van der Waals surface area contributed by atoms with Gasteiger partial charge < -0.3 is 15.4 Å². The Morgan fingerprint density at radius 1 is 1.08 bits per heavy atom. The molecule has 2 saturated heterocycles. The highest BCUT2D eigenvalue weighted by atomic mass is 127. The Balaban J connectivity index is 0.00000243. The summed E-state index contributed by atoms with van der Waals surface area (Å²) in [4.78, 5) is 9.64. The van der Waals surface area contributed by atoms with Crippen LogP contribution in [0, 0.1) is 0 Å². The van der Waals surface area contributed by atoms with Crippen molar-refractivity contribution in [2.24, 2.45) is 4.99 Å². The lowest BCUT2D eigenvalue weighted by Crippen LogP contribution is -2.57. The van der Waals surface area contributed by atoms with Crippen molar-refractivity contribution < 1.29 is 4.74 Å². The van der Waals surface area contributed by atoms with E-state index in [0.29, 0.717) is 5.54 Å². The van der Waals surface area contributed by atoms with Crippen LogP contribution in [0.2, 0.25) is 0 Å².